The SMILES string of the molecule is COc1cc(CNC2CC2)cc(Br)c1OCCS(C)(=O)=O. The van der Waals surface area contributed by atoms with Crippen LogP contribution in [0, 0.1) is 0 Å². The molecule has 0 heterocycles. The summed E-state index contributed by atoms with van der Waals surface area (Å²) in [6, 6.07) is 4.52. The molecule has 0 aliphatic heterocycles. The van der Waals surface area contributed by atoms with Gasteiger partial charge in [0.15, 0.2) is 21.3 Å². The summed E-state index contributed by atoms with van der Waals surface area (Å²) in [5, 5.41) is 3.44. The maximum Gasteiger partial charge on any atom is 0.175 e. The van der Waals surface area contributed by atoms with E-state index in [1.165, 1.54) is 19.1 Å². The smallest absolute Gasteiger partial charge is 0.175 e. The van der Waals surface area contributed by atoms with E-state index in [4.69, 9.17) is 9.47 Å². The third-order valence-corrected chi connectivity index (χ3v) is 4.66. The maximum absolute atomic E-state index is 11.1. The minimum absolute atomic E-state index is 0.0203. The summed E-state index contributed by atoms with van der Waals surface area (Å²) in [4.78, 5) is 0. The van der Waals surface area contributed by atoms with Gasteiger partial charge in [-0.25, -0.2) is 8.42 Å². The summed E-state index contributed by atoms with van der Waals surface area (Å²) < 4.78 is 33.9. The number of hydrogen-bond acceptors (Lipinski definition) is 5. The van der Waals surface area contributed by atoms with E-state index in [9.17, 15) is 8.42 Å². The first-order valence-electron chi connectivity index (χ1n) is 6.79. The van der Waals surface area contributed by atoms with Gasteiger partial charge < -0.3 is 14.8 Å². The third-order valence-electron chi connectivity index (χ3n) is 3.16. The molecule has 1 aromatic rings. The van der Waals surface area contributed by atoms with Crippen LogP contribution in [0.15, 0.2) is 16.6 Å². The zero-order valence-electron chi connectivity index (χ0n) is 12.2. The number of halogens is 1. The fourth-order valence-electron chi connectivity index (χ4n) is 1.86. The van der Waals surface area contributed by atoms with Crippen molar-refractivity contribution in [3.05, 3.63) is 22.2 Å². The molecule has 0 radical (unpaired) electrons. The van der Waals surface area contributed by atoms with Crippen molar-refractivity contribution in [2.45, 2.75) is 25.4 Å². The number of hydrogen-bond donors (Lipinski definition) is 1. The van der Waals surface area contributed by atoms with Crippen molar-refractivity contribution < 1.29 is 17.9 Å². The van der Waals surface area contributed by atoms with Crippen LogP contribution in [-0.4, -0.2) is 40.2 Å². The second-order valence-corrected chi connectivity index (χ2v) is 8.36. The van der Waals surface area contributed by atoms with E-state index < -0.39 is 9.84 Å². The molecule has 2 rings (SSSR count). The summed E-state index contributed by atoms with van der Waals surface area (Å²) in [6.45, 7) is 0.886. The highest BCUT2D eigenvalue weighted by molar-refractivity contribution is 9.10. The van der Waals surface area contributed by atoms with Crippen LogP contribution in [0.4, 0.5) is 0 Å². The fraction of sp³-hybridized carbons (Fsp3) is 0.571. The van der Waals surface area contributed by atoms with Crippen LogP contribution in [0.1, 0.15) is 18.4 Å². The summed E-state index contributed by atoms with van der Waals surface area (Å²) in [5.41, 5.74) is 1.10. The first kappa shape index (κ1) is 16.6. The van der Waals surface area contributed by atoms with Gasteiger partial charge in [0.2, 0.25) is 0 Å². The van der Waals surface area contributed by atoms with Gasteiger partial charge in [-0.3, -0.25) is 0 Å². The lowest BCUT2D eigenvalue weighted by molar-refractivity contribution is 0.309. The van der Waals surface area contributed by atoms with Crippen LogP contribution in [0.3, 0.4) is 0 Å². The molecule has 0 bridgehead atoms. The average Bonchev–Trinajstić information content (AvgIpc) is 3.21. The Morgan fingerprint density at radius 1 is 1.38 bits per heavy atom. The van der Waals surface area contributed by atoms with Crippen LogP contribution in [0.5, 0.6) is 11.5 Å². The summed E-state index contributed by atoms with van der Waals surface area (Å²) >= 11 is 3.46. The normalized spacial score (nSPS) is 15.0. The van der Waals surface area contributed by atoms with Crippen molar-refractivity contribution >= 4 is 25.8 Å². The Morgan fingerprint density at radius 3 is 2.67 bits per heavy atom. The van der Waals surface area contributed by atoms with Crippen LogP contribution >= 0.6 is 15.9 Å². The average molecular weight is 378 g/mol. The van der Waals surface area contributed by atoms with Crippen LogP contribution in [0.2, 0.25) is 0 Å². The maximum atomic E-state index is 11.1. The Bertz CT molecular complexity index is 599. The molecule has 1 N–H and O–H groups in total. The minimum Gasteiger partial charge on any atom is -0.493 e. The molecule has 1 saturated carbocycles. The second-order valence-electron chi connectivity index (χ2n) is 5.24. The molecule has 118 valence electrons. The highest BCUT2D eigenvalue weighted by atomic mass is 79.9. The largest absolute Gasteiger partial charge is 0.493 e. The van der Waals surface area contributed by atoms with Gasteiger partial charge in [-0.05, 0) is 46.5 Å². The van der Waals surface area contributed by atoms with Gasteiger partial charge in [0.05, 0.1) is 17.3 Å². The van der Waals surface area contributed by atoms with E-state index in [2.05, 4.69) is 21.2 Å². The molecule has 0 amide bonds. The van der Waals surface area contributed by atoms with Crippen molar-refractivity contribution in [1.82, 2.24) is 5.32 Å². The van der Waals surface area contributed by atoms with Gasteiger partial charge in [0.1, 0.15) is 6.61 Å². The topological polar surface area (TPSA) is 64.6 Å². The van der Waals surface area contributed by atoms with Gasteiger partial charge in [-0.1, -0.05) is 0 Å². The number of benzene rings is 1. The number of ether oxygens (including phenoxy) is 2. The van der Waals surface area contributed by atoms with Crippen molar-refractivity contribution in [3.63, 3.8) is 0 Å². The minimum atomic E-state index is -3.04. The zero-order valence-corrected chi connectivity index (χ0v) is 14.6. The lowest BCUT2D eigenvalue weighted by atomic mass is 10.2. The summed E-state index contributed by atoms with van der Waals surface area (Å²) in [5.74, 6) is 1.12. The molecule has 0 unspecified atom stereocenters. The molecule has 1 fully saturated rings. The first-order chi connectivity index (χ1) is 9.89. The van der Waals surface area contributed by atoms with E-state index in [-0.39, 0.29) is 12.4 Å². The Morgan fingerprint density at radius 2 is 2.10 bits per heavy atom. The molecule has 5 nitrogen and oxygen atoms in total. The third kappa shape index (κ3) is 5.48. The summed E-state index contributed by atoms with van der Waals surface area (Å²) in [6.07, 6.45) is 3.67. The Labute approximate surface area is 134 Å². The molecule has 1 aliphatic carbocycles. The number of rotatable bonds is 8. The molecule has 0 spiro atoms. The van der Waals surface area contributed by atoms with Gasteiger partial charge in [-0.15, -0.1) is 0 Å². The number of nitrogens with one attached hydrogen (secondary N) is 1. The standard InChI is InChI=1S/C14H20BrNO4S/c1-19-13-8-10(9-16-11-3-4-11)7-12(15)14(13)20-5-6-21(2,17)18/h7-8,11,16H,3-6,9H2,1-2H3. The van der Waals surface area contributed by atoms with Crippen molar-refractivity contribution in [2.75, 3.05) is 25.7 Å². The van der Waals surface area contributed by atoms with E-state index in [1.807, 2.05) is 12.1 Å². The van der Waals surface area contributed by atoms with Crippen LogP contribution in [0.25, 0.3) is 0 Å². The van der Waals surface area contributed by atoms with Gasteiger partial charge in [-0.2, -0.15) is 0 Å². The highest BCUT2D eigenvalue weighted by Crippen LogP contribution is 2.36. The molecule has 1 aromatic carbocycles. The zero-order chi connectivity index (χ0) is 15.5. The van der Waals surface area contributed by atoms with Crippen LogP contribution < -0.4 is 14.8 Å². The Kier molecular flexibility index (Phi) is 5.51. The Hall–Kier alpha value is -0.790. The lowest BCUT2D eigenvalue weighted by Gasteiger charge is -2.14. The highest BCUT2D eigenvalue weighted by Gasteiger charge is 2.20. The number of methoxy groups -OCH3 is 1. The molecular weight excluding hydrogens is 358 g/mol. The molecule has 1 aliphatic rings. The van der Waals surface area contributed by atoms with E-state index in [0.717, 1.165) is 16.6 Å². The summed E-state index contributed by atoms with van der Waals surface area (Å²) in [7, 11) is -1.46. The Balaban J connectivity index is 2.04. The quantitative estimate of drug-likeness (QED) is 0.751. The molecule has 0 aromatic heterocycles. The molecule has 21 heavy (non-hydrogen) atoms. The lowest BCUT2D eigenvalue weighted by Crippen LogP contribution is -2.16. The first-order valence-corrected chi connectivity index (χ1v) is 9.64. The molecule has 7 heteroatoms. The van der Waals surface area contributed by atoms with Gasteiger partial charge >= 0.3 is 0 Å². The van der Waals surface area contributed by atoms with Crippen molar-refractivity contribution in [1.29, 1.82) is 0 Å². The van der Waals surface area contributed by atoms with Gasteiger partial charge in [0, 0.05) is 18.8 Å². The monoisotopic (exact) mass is 377 g/mol. The van der Waals surface area contributed by atoms with Gasteiger partial charge in [0.25, 0.3) is 0 Å². The number of sulfone groups is 1. The predicted molar refractivity (Wildman–Crippen MR) is 85.8 cm³/mol. The fourth-order valence-corrected chi connectivity index (χ4v) is 2.85. The predicted octanol–water partition coefficient (Wildman–Crippen LogP) is 2.13. The van der Waals surface area contributed by atoms with E-state index >= 15 is 0 Å². The van der Waals surface area contributed by atoms with E-state index in [1.54, 1.807) is 7.11 Å². The van der Waals surface area contributed by atoms with Crippen molar-refractivity contribution in [2.24, 2.45) is 0 Å². The molecular formula is C14H20BrNO4S. The second kappa shape index (κ2) is 6.98. The van der Waals surface area contributed by atoms with Crippen molar-refractivity contribution in [3.8, 4) is 11.5 Å². The molecule has 0 saturated heterocycles. The van der Waals surface area contributed by atoms with E-state index in [0.29, 0.717) is 17.5 Å². The molecule has 0 atom stereocenters. The van der Waals surface area contributed by atoms with Crippen LogP contribution in [-0.2, 0) is 16.4 Å².